The topological polar surface area (TPSA) is 88.0 Å². The molecule has 0 atom stereocenters. The van der Waals surface area contributed by atoms with Crippen molar-refractivity contribution in [3.8, 4) is 5.69 Å². The van der Waals surface area contributed by atoms with Crippen LogP contribution in [-0.4, -0.2) is 34.8 Å². The SMILES string of the molecule is C=CCNC(=O)CNC(=O)Nc1ccccc1-n1nccc1C. The van der Waals surface area contributed by atoms with Gasteiger partial charge in [-0.2, -0.15) is 5.10 Å². The second kappa shape index (κ2) is 7.79. The molecule has 7 nitrogen and oxygen atoms in total. The largest absolute Gasteiger partial charge is 0.351 e. The lowest BCUT2D eigenvalue weighted by Gasteiger charge is -2.13. The van der Waals surface area contributed by atoms with Crippen LogP contribution in [0, 0.1) is 6.92 Å². The molecule has 0 aliphatic rings. The molecule has 0 saturated carbocycles. The standard InChI is InChI=1S/C16H19N5O2/c1-3-9-17-15(22)11-18-16(23)20-13-6-4-5-7-14(13)21-12(2)8-10-19-21/h3-8,10H,1,9,11H2,2H3,(H,17,22)(H2,18,20,23). The van der Waals surface area contributed by atoms with Crippen LogP contribution in [0.1, 0.15) is 5.69 Å². The van der Waals surface area contributed by atoms with Gasteiger partial charge in [-0.15, -0.1) is 6.58 Å². The third kappa shape index (κ3) is 4.44. The number of hydrogen-bond donors (Lipinski definition) is 3. The number of rotatable bonds is 6. The zero-order valence-electron chi connectivity index (χ0n) is 12.9. The van der Waals surface area contributed by atoms with E-state index in [1.54, 1.807) is 23.0 Å². The maximum Gasteiger partial charge on any atom is 0.319 e. The Labute approximate surface area is 134 Å². The lowest BCUT2D eigenvalue weighted by Crippen LogP contribution is -2.39. The maximum atomic E-state index is 11.9. The van der Waals surface area contributed by atoms with E-state index in [0.29, 0.717) is 12.2 Å². The van der Waals surface area contributed by atoms with Gasteiger partial charge in [-0.3, -0.25) is 4.79 Å². The molecule has 0 aliphatic heterocycles. The Balaban J connectivity index is 2.01. The van der Waals surface area contributed by atoms with Crippen LogP contribution < -0.4 is 16.0 Å². The smallest absolute Gasteiger partial charge is 0.319 e. The summed E-state index contributed by atoms with van der Waals surface area (Å²) in [5.41, 5.74) is 2.30. The molecule has 3 N–H and O–H groups in total. The van der Waals surface area contributed by atoms with E-state index in [4.69, 9.17) is 0 Å². The van der Waals surface area contributed by atoms with Crippen molar-refractivity contribution in [2.24, 2.45) is 0 Å². The number of carbonyl (C=O) groups is 2. The number of nitrogens with zero attached hydrogens (tertiary/aromatic N) is 2. The molecule has 7 heteroatoms. The fraction of sp³-hybridized carbons (Fsp3) is 0.188. The fourth-order valence-corrected chi connectivity index (χ4v) is 1.96. The van der Waals surface area contributed by atoms with Crippen molar-refractivity contribution in [1.82, 2.24) is 20.4 Å². The van der Waals surface area contributed by atoms with Crippen molar-refractivity contribution in [2.45, 2.75) is 6.92 Å². The molecule has 120 valence electrons. The summed E-state index contributed by atoms with van der Waals surface area (Å²) in [6, 6.07) is 8.72. The predicted octanol–water partition coefficient (Wildman–Crippen LogP) is 1.60. The number of hydrogen-bond acceptors (Lipinski definition) is 3. The zero-order chi connectivity index (χ0) is 16.7. The molecule has 0 saturated heterocycles. The minimum atomic E-state index is -0.462. The van der Waals surface area contributed by atoms with Gasteiger partial charge in [0.1, 0.15) is 0 Å². The number of benzene rings is 1. The first-order valence-corrected chi connectivity index (χ1v) is 7.14. The van der Waals surface area contributed by atoms with Crippen LogP contribution in [-0.2, 0) is 4.79 Å². The molecular formula is C16H19N5O2. The maximum absolute atomic E-state index is 11.9. The van der Waals surface area contributed by atoms with Gasteiger partial charge >= 0.3 is 6.03 Å². The third-order valence-corrected chi connectivity index (χ3v) is 3.07. The van der Waals surface area contributed by atoms with Crippen molar-refractivity contribution in [3.05, 3.63) is 54.9 Å². The quantitative estimate of drug-likeness (QED) is 0.708. The highest BCUT2D eigenvalue weighted by Gasteiger charge is 2.10. The molecular weight excluding hydrogens is 294 g/mol. The van der Waals surface area contributed by atoms with Gasteiger partial charge in [0, 0.05) is 18.4 Å². The van der Waals surface area contributed by atoms with Crippen LogP contribution in [0.4, 0.5) is 10.5 Å². The van der Waals surface area contributed by atoms with E-state index in [0.717, 1.165) is 11.4 Å². The fourth-order valence-electron chi connectivity index (χ4n) is 1.96. The number of aromatic nitrogens is 2. The summed E-state index contributed by atoms with van der Waals surface area (Å²) in [6.07, 6.45) is 3.26. The van der Waals surface area contributed by atoms with Crippen LogP contribution >= 0.6 is 0 Å². The molecule has 2 rings (SSSR count). The van der Waals surface area contributed by atoms with E-state index in [9.17, 15) is 9.59 Å². The molecule has 0 spiro atoms. The second-order valence-corrected chi connectivity index (χ2v) is 4.80. The van der Waals surface area contributed by atoms with Gasteiger partial charge in [0.05, 0.1) is 17.9 Å². The first-order chi connectivity index (χ1) is 11.1. The molecule has 0 aliphatic carbocycles. The summed E-state index contributed by atoms with van der Waals surface area (Å²) < 4.78 is 1.73. The van der Waals surface area contributed by atoms with Crippen LogP contribution in [0.2, 0.25) is 0 Å². The minimum Gasteiger partial charge on any atom is -0.351 e. The number of carbonyl (C=O) groups excluding carboxylic acids is 2. The minimum absolute atomic E-state index is 0.108. The summed E-state index contributed by atoms with van der Waals surface area (Å²) in [5, 5.41) is 12.0. The Kier molecular flexibility index (Phi) is 5.51. The van der Waals surface area contributed by atoms with E-state index >= 15 is 0 Å². The molecule has 0 radical (unpaired) electrons. The summed E-state index contributed by atoms with van der Waals surface area (Å²) in [4.78, 5) is 23.4. The third-order valence-electron chi connectivity index (χ3n) is 3.07. The van der Waals surface area contributed by atoms with Crippen LogP contribution in [0.3, 0.4) is 0 Å². The second-order valence-electron chi connectivity index (χ2n) is 4.80. The van der Waals surface area contributed by atoms with Crippen LogP contribution in [0.5, 0.6) is 0 Å². The van der Waals surface area contributed by atoms with Crippen molar-refractivity contribution in [1.29, 1.82) is 0 Å². The molecule has 1 heterocycles. The van der Waals surface area contributed by atoms with Gasteiger partial charge in [0.15, 0.2) is 0 Å². The number of amides is 3. The predicted molar refractivity (Wildman–Crippen MR) is 88.5 cm³/mol. The summed E-state index contributed by atoms with van der Waals surface area (Å²) in [7, 11) is 0. The summed E-state index contributed by atoms with van der Waals surface area (Å²) in [6.45, 7) is 5.68. The van der Waals surface area contributed by atoms with E-state index in [1.807, 2.05) is 31.2 Å². The highest BCUT2D eigenvalue weighted by Crippen LogP contribution is 2.20. The monoisotopic (exact) mass is 313 g/mol. The first-order valence-electron chi connectivity index (χ1n) is 7.14. The highest BCUT2D eigenvalue weighted by atomic mass is 16.2. The number of aryl methyl sites for hydroxylation is 1. The molecule has 23 heavy (non-hydrogen) atoms. The van der Waals surface area contributed by atoms with E-state index < -0.39 is 6.03 Å². The summed E-state index contributed by atoms with van der Waals surface area (Å²) in [5.74, 6) is -0.281. The Morgan fingerprint density at radius 1 is 1.26 bits per heavy atom. The van der Waals surface area contributed by atoms with E-state index in [2.05, 4.69) is 27.6 Å². The van der Waals surface area contributed by atoms with Gasteiger partial charge in [-0.05, 0) is 25.1 Å². The molecule has 1 aromatic heterocycles. The highest BCUT2D eigenvalue weighted by molar-refractivity contribution is 5.93. The Morgan fingerprint density at radius 2 is 2.04 bits per heavy atom. The number of para-hydroxylation sites is 2. The van der Waals surface area contributed by atoms with Crippen molar-refractivity contribution in [3.63, 3.8) is 0 Å². The van der Waals surface area contributed by atoms with Crippen molar-refractivity contribution < 1.29 is 9.59 Å². The molecule has 0 bridgehead atoms. The van der Waals surface area contributed by atoms with E-state index in [-0.39, 0.29) is 12.5 Å². The lowest BCUT2D eigenvalue weighted by molar-refractivity contribution is -0.119. The number of urea groups is 1. The van der Waals surface area contributed by atoms with Crippen molar-refractivity contribution in [2.75, 3.05) is 18.4 Å². The molecule has 1 aromatic carbocycles. The normalized spacial score (nSPS) is 9.96. The number of anilines is 1. The number of nitrogens with one attached hydrogen (secondary N) is 3. The summed E-state index contributed by atoms with van der Waals surface area (Å²) >= 11 is 0. The molecule has 3 amide bonds. The zero-order valence-corrected chi connectivity index (χ0v) is 12.9. The van der Waals surface area contributed by atoms with Crippen molar-refractivity contribution >= 4 is 17.6 Å². The Bertz CT molecular complexity index is 708. The Morgan fingerprint density at radius 3 is 2.74 bits per heavy atom. The molecule has 2 aromatic rings. The van der Waals surface area contributed by atoms with Gasteiger partial charge in [-0.25, -0.2) is 9.48 Å². The molecule has 0 fully saturated rings. The van der Waals surface area contributed by atoms with E-state index in [1.165, 1.54) is 0 Å². The molecule has 0 unspecified atom stereocenters. The average Bonchev–Trinajstić information content (AvgIpc) is 2.97. The van der Waals surface area contributed by atoms with Crippen LogP contribution in [0.25, 0.3) is 5.69 Å². The van der Waals surface area contributed by atoms with Gasteiger partial charge in [0.2, 0.25) is 5.91 Å². The van der Waals surface area contributed by atoms with Crippen LogP contribution in [0.15, 0.2) is 49.2 Å². The van der Waals surface area contributed by atoms with Gasteiger partial charge < -0.3 is 16.0 Å². The average molecular weight is 313 g/mol. The first kappa shape index (κ1) is 16.3. The lowest BCUT2D eigenvalue weighted by atomic mass is 10.2. The Hall–Kier alpha value is -3.09. The van der Waals surface area contributed by atoms with Gasteiger partial charge in [-0.1, -0.05) is 18.2 Å². The van der Waals surface area contributed by atoms with Gasteiger partial charge in [0.25, 0.3) is 0 Å².